The summed E-state index contributed by atoms with van der Waals surface area (Å²) < 4.78 is 31.1. The summed E-state index contributed by atoms with van der Waals surface area (Å²) >= 11 is 5.91. The van der Waals surface area contributed by atoms with Crippen LogP contribution in [0.25, 0.3) is 10.9 Å². The Balaban J connectivity index is 1.57. The van der Waals surface area contributed by atoms with Crippen LogP contribution >= 0.6 is 11.6 Å². The topological polar surface area (TPSA) is 85.8 Å². The van der Waals surface area contributed by atoms with Gasteiger partial charge in [-0.25, -0.2) is 19.2 Å². The van der Waals surface area contributed by atoms with E-state index in [0.717, 1.165) is 25.7 Å². The van der Waals surface area contributed by atoms with E-state index in [9.17, 15) is 9.18 Å². The van der Waals surface area contributed by atoms with Crippen LogP contribution in [0.4, 0.5) is 20.7 Å². The quantitative estimate of drug-likeness (QED) is 0.486. The maximum atomic E-state index is 14.4. The van der Waals surface area contributed by atoms with E-state index in [2.05, 4.69) is 15.3 Å². The van der Waals surface area contributed by atoms with Gasteiger partial charge in [0.1, 0.15) is 12.1 Å². The molecule has 3 aromatic rings. The molecule has 0 saturated heterocycles. The summed E-state index contributed by atoms with van der Waals surface area (Å²) in [4.78, 5) is 22.0. The molecule has 0 bridgehead atoms. The number of hydrogen-bond donors (Lipinski definition) is 1. The number of anilines is 2. The fourth-order valence-corrected chi connectivity index (χ4v) is 4.34. The number of rotatable bonds is 6. The molecular weight excluding hydrogens is 463 g/mol. The summed E-state index contributed by atoms with van der Waals surface area (Å²) in [5.41, 5.74) is 0.825. The monoisotopic (exact) mass is 488 g/mol. The maximum Gasteiger partial charge on any atom is 0.409 e. The molecule has 1 aliphatic rings. The highest BCUT2D eigenvalue weighted by molar-refractivity contribution is 6.31. The van der Waals surface area contributed by atoms with E-state index < -0.39 is 5.82 Å². The third-order valence-electron chi connectivity index (χ3n) is 6.07. The van der Waals surface area contributed by atoms with E-state index in [1.165, 1.54) is 19.5 Å². The number of halogens is 2. The van der Waals surface area contributed by atoms with Crippen molar-refractivity contribution in [3.63, 3.8) is 0 Å². The zero-order valence-electron chi connectivity index (χ0n) is 19.2. The van der Waals surface area contributed by atoms with E-state index in [1.54, 1.807) is 43.3 Å². The number of carbonyl (C=O) groups excluding carboxylic acids is 1. The van der Waals surface area contributed by atoms with Gasteiger partial charge in [0.25, 0.3) is 0 Å². The largest absolute Gasteiger partial charge is 0.493 e. The van der Waals surface area contributed by atoms with Gasteiger partial charge in [-0.2, -0.15) is 0 Å². The van der Waals surface area contributed by atoms with Gasteiger partial charge < -0.3 is 24.4 Å². The highest BCUT2D eigenvalue weighted by atomic mass is 35.5. The Kier molecular flexibility index (Phi) is 7.21. The molecular formula is C24H26ClFN4O4. The first kappa shape index (κ1) is 23.8. The third kappa shape index (κ3) is 4.94. The van der Waals surface area contributed by atoms with Gasteiger partial charge in [-0.1, -0.05) is 17.7 Å². The number of carbonyl (C=O) groups is 1. The van der Waals surface area contributed by atoms with Gasteiger partial charge in [-0.05, 0) is 43.9 Å². The van der Waals surface area contributed by atoms with Crippen molar-refractivity contribution in [3.8, 4) is 11.5 Å². The Morgan fingerprint density at radius 1 is 1.15 bits per heavy atom. The summed E-state index contributed by atoms with van der Waals surface area (Å²) in [6.45, 7) is 0. The van der Waals surface area contributed by atoms with E-state index in [-0.39, 0.29) is 28.9 Å². The average Bonchev–Trinajstić information content (AvgIpc) is 2.86. The van der Waals surface area contributed by atoms with E-state index in [1.807, 2.05) is 0 Å². The molecule has 1 aromatic heterocycles. The van der Waals surface area contributed by atoms with Crippen LogP contribution < -0.4 is 14.8 Å². The van der Waals surface area contributed by atoms with Crippen molar-refractivity contribution in [1.82, 2.24) is 14.9 Å². The van der Waals surface area contributed by atoms with Gasteiger partial charge in [0.15, 0.2) is 17.3 Å². The summed E-state index contributed by atoms with van der Waals surface area (Å²) in [7, 11) is 4.70. The van der Waals surface area contributed by atoms with E-state index in [4.69, 9.17) is 25.8 Å². The maximum absolute atomic E-state index is 14.4. The van der Waals surface area contributed by atoms with Gasteiger partial charge >= 0.3 is 6.09 Å². The van der Waals surface area contributed by atoms with Crippen LogP contribution in [-0.2, 0) is 4.74 Å². The molecule has 10 heteroatoms. The molecule has 1 heterocycles. The molecule has 1 aliphatic carbocycles. The van der Waals surface area contributed by atoms with Crippen LogP contribution in [0.2, 0.25) is 5.02 Å². The Hall–Kier alpha value is -3.33. The minimum Gasteiger partial charge on any atom is -0.493 e. The predicted molar refractivity (Wildman–Crippen MR) is 128 cm³/mol. The average molecular weight is 489 g/mol. The molecule has 0 atom stereocenters. The van der Waals surface area contributed by atoms with Crippen LogP contribution in [0, 0.1) is 5.82 Å². The lowest BCUT2D eigenvalue weighted by atomic mass is 9.92. The second-order valence-corrected chi connectivity index (χ2v) is 8.51. The SMILES string of the molecule is COC(=O)N(C)C1CCC(Oc2cc3c(Nc4cccc(Cl)c4F)ncnc3cc2OC)CC1. The van der Waals surface area contributed by atoms with Crippen LogP contribution in [0.5, 0.6) is 11.5 Å². The van der Waals surface area contributed by atoms with Crippen molar-refractivity contribution in [3.05, 3.63) is 47.5 Å². The van der Waals surface area contributed by atoms with E-state index in [0.29, 0.717) is 28.2 Å². The van der Waals surface area contributed by atoms with Gasteiger partial charge in [0.05, 0.1) is 36.6 Å². The second kappa shape index (κ2) is 10.3. The Morgan fingerprint density at radius 3 is 2.62 bits per heavy atom. The number of amides is 1. The number of hydrogen-bond acceptors (Lipinski definition) is 7. The lowest BCUT2D eigenvalue weighted by molar-refractivity contribution is 0.0801. The van der Waals surface area contributed by atoms with Crippen LogP contribution in [0.1, 0.15) is 25.7 Å². The number of methoxy groups -OCH3 is 2. The molecule has 1 amide bonds. The summed E-state index contributed by atoms with van der Waals surface area (Å²) in [6, 6.07) is 8.40. The number of nitrogens with zero attached hydrogens (tertiary/aromatic N) is 3. The molecule has 0 aliphatic heterocycles. The lowest BCUT2D eigenvalue weighted by Crippen LogP contribution is -2.41. The van der Waals surface area contributed by atoms with Gasteiger partial charge in [0, 0.05) is 24.5 Å². The number of fused-ring (bicyclic) bond motifs is 1. The molecule has 1 saturated carbocycles. The number of benzene rings is 2. The van der Waals surface area contributed by atoms with Crippen molar-refractivity contribution in [2.75, 3.05) is 26.6 Å². The molecule has 8 nitrogen and oxygen atoms in total. The molecule has 0 spiro atoms. The molecule has 180 valence electrons. The Morgan fingerprint density at radius 2 is 1.91 bits per heavy atom. The molecule has 34 heavy (non-hydrogen) atoms. The molecule has 0 radical (unpaired) electrons. The van der Waals surface area contributed by atoms with Gasteiger partial charge in [-0.15, -0.1) is 0 Å². The standard InChI is InChI=1S/C24H26ClFN4O4/c1-30(24(31)33-3)14-7-9-15(10-8-14)34-21-11-16-19(12-20(21)32-2)27-13-28-23(16)29-18-6-4-5-17(25)22(18)26/h4-6,11-15H,7-10H2,1-3H3,(H,27,28,29). The Bertz CT molecular complexity index is 1190. The minimum absolute atomic E-state index is 0.0162. The first-order chi connectivity index (χ1) is 16.4. The van der Waals surface area contributed by atoms with E-state index >= 15 is 0 Å². The zero-order chi connectivity index (χ0) is 24.2. The highest BCUT2D eigenvalue weighted by Gasteiger charge is 2.28. The summed E-state index contributed by atoms with van der Waals surface area (Å²) in [6.07, 6.45) is 4.17. The van der Waals surface area contributed by atoms with Crippen LogP contribution in [0.15, 0.2) is 36.7 Å². The molecule has 2 aromatic carbocycles. The summed E-state index contributed by atoms with van der Waals surface area (Å²) in [5.74, 6) is 0.945. The first-order valence-corrected chi connectivity index (χ1v) is 11.3. The predicted octanol–water partition coefficient (Wildman–Crippen LogP) is 5.56. The fraction of sp³-hybridized carbons (Fsp3) is 0.375. The lowest BCUT2D eigenvalue weighted by Gasteiger charge is -2.34. The van der Waals surface area contributed by atoms with Crippen LogP contribution in [0.3, 0.4) is 0 Å². The first-order valence-electron chi connectivity index (χ1n) is 10.9. The van der Waals surface area contributed by atoms with Crippen molar-refractivity contribution in [1.29, 1.82) is 0 Å². The summed E-state index contributed by atoms with van der Waals surface area (Å²) in [5, 5.41) is 3.67. The van der Waals surface area contributed by atoms with Crippen molar-refractivity contribution in [2.24, 2.45) is 0 Å². The fourth-order valence-electron chi connectivity index (χ4n) is 4.17. The Labute approximate surface area is 202 Å². The molecule has 0 unspecified atom stereocenters. The van der Waals surface area contributed by atoms with Crippen molar-refractivity contribution in [2.45, 2.75) is 37.8 Å². The number of nitrogens with one attached hydrogen (secondary N) is 1. The molecule has 1 N–H and O–H groups in total. The van der Waals surface area contributed by atoms with Crippen molar-refractivity contribution >= 4 is 40.1 Å². The van der Waals surface area contributed by atoms with Crippen LogP contribution in [-0.4, -0.2) is 54.4 Å². The second-order valence-electron chi connectivity index (χ2n) is 8.10. The normalized spacial score (nSPS) is 17.8. The molecule has 4 rings (SSSR count). The zero-order valence-corrected chi connectivity index (χ0v) is 19.9. The highest BCUT2D eigenvalue weighted by Crippen LogP contribution is 2.37. The van der Waals surface area contributed by atoms with Gasteiger partial charge in [0.2, 0.25) is 0 Å². The third-order valence-corrected chi connectivity index (χ3v) is 6.37. The van der Waals surface area contributed by atoms with Gasteiger partial charge in [-0.3, -0.25) is 0 Å². The number of aromatic nitrogens is 2. The minimum atomic E-state index is -0.561. The number of ether oxygens (including phenoxy) is 3. The van der Waals surface area contributed by atoms with Crippen molar-refractivity contribution < 1.29 is 23.4 Å². The smallest absolute Gasteiger partial charge is 0.409 e. The molecule has 1 fully saturated rings.